The summed E-state index contributed by atoms with van der Waals surface area (Å²) in [6.45, 7) is 0. The Hall–Kier alpha value is -1.26. The maximum atomic E-state index is 13.8. The molecule has 2 aromatic rings. The van der Waals surface area contributed by atoms with Crippen LogP contribution in [-0.4, -0.2) is 10.1 Å². The monoisotopic (exact) mass is 321 g/mol. The van der Waals surface area contributed by atoms with Crippen molar-refractivity contribution in [2.75, 3.05) is 0 Å². The highest BCUT2D eigenvalue weighted by molar-refractivity contribution is 9.10. The van der Waals surface area contributed by atoms with Crippen LogP contribution in [0, 0.1) is 5.82 Å². The first-order valence-corrected chi connectivity index (χ1v) is 7.03. The summed E-state index contributed by atoms with van der Waals surface area (Å²) in [5.74, 6) is -0.500. The molecule has 1 N–H and O–H groups in total. The molecule has 1 aliphatic rings. The first-order valence-electron chi connectivity index (χ1n) is 6.23. The first-order chi connectivity index (χ1) is 9.16. The summed E-state index contributed by atoms with van der Waals surface area (Å²) in [7, 11) is 0. The van der Waals surface area contributed by atoms with Crippen LogP contribution in [0.2, 0.25) is 0 Å². The predicted octanol–water partition coefficient (Wildman–Crippen LogP) is 3.75. The molecule has 4 heteroatoms. The SMILES string of the molecule is OC(c1cc(Br)ccc1F)C1CCc2cccnc21. The smallest absolute Gasteiger partial charge is 0.129 e. The molecule has 1 aliphatic carbocycles. The Balaban J connectivity index is 1.97. The summed E-state index contributed by atoms with van der Waals surface area (Å²) in [4.78, 5) is 4.35. The van der Waals surface area contributed by atoms with Gasteiger partial charge < -0.3 is 5.11 Å². The molecule has 0 radical (unpaired) electrons. The second-order valence-corrected chi connectivity index (χ2v) is 5.72. The highest BCUT2D eigenvalue weighted by atomic mass is 79.9. The molecule has 1 aromatic carbocycles. The third kappa shape index (κ3) is 2.30. The Labute approximate surface area is 119 Å². The van der Waals surface area contributed by atoms with Gasteiger partial charge in [0.25, 0.3) is 0 Å². The van der Waals surface area contributed by atoms with Crippen LogP contribution < -0.4 is 0 Å². The molecule has 0 amide bonds. The van der Waals surface area contributed by atoms with Crippen molar-refractivity contribution in [3.63, 3.8) is 0 Å². The van der Waals surface area contributed by atoms with Gasteiger partial charge in [0.1, 0.15) is 5.82 Å². The van der Waals surface area contributed by atoms with Gasteiger partial charge in [-0.05, 0) is 42.7 Å². The molecule has 1 heterocycles. The second-order valence-electron chi connectivity index (χ2n) is 4.80. The van der Waals surface area contributed by atoms with Crippen LogP contribution in [-0.2, 0) is 6.42 Å². The first kappa shape index (κ1) is 12.8. The van der Waals surface area contributed by atoms with Gasteiger partial charge in [-0.15, -0.1) is 0 Å². The standard InChI is InChI=1S/C15H13BrFNO/c16-10-4-6-13(17)12(8-10)15(19)11-5-3-9-2-1-7-18-14(9)11/h1-2,4,6-8,11,15,19H,3,5H2. The molecule has 0 saturated carbocycles. The number of aliphatic hydroxyl groups is 1. The molecule has 3 rings (SSSR count). The predicted molar refractivity (Wildman–Crippen MR) is 74.4 cm³/mol. The Bertz CT molecular complexity index is 617. The van der Waals surface area contributed by atoms with Crippen molar-refractivity contribution < 1.29 is 9.50 Å². The maximum absolute atomic E-state index is 13.8. The quantitative estimate of drug-likeness (QED) is 0.913. The molecule has 0 fully saturated rings. The molecule has 0 aliphatic heterocycles. The number of rotatable bonds is 2. The lowest BCUT2D eigenvalue weighted by atomic mass is 9.93. The number of nitrogens with zero attached hydrogens (tertiary/aromatic N) is 1. The van der Waals surface area contributed by atoms with Crippen LogP contribution in [0.1, 0.15) is 35.3 Å². The van der Waals surface area contributed by atoms with E-state index in [0.717, 1.165) is 28.6 Å². The molecular formula is C15H13BrFNO. The highest BCUT2D eigenvalue weighted by Crippen LogP contribution is 2.41. The minimum Gasteiger partial charge on any atom is -0.388 e. The number of aryl methyl sites for hydroxylation is 1. The normalized spacial score (nSPS) is 19.2. The summed E-state index contributed by atoms with van der Waals surface area (Å²) < 4.78 is 14.6. The van der Waals surface area contributed by atoms with E-state index in [1.54, 1.807) is 18.3 Å². The zero-order chi connectivity index (χ0) is 13.4. The van der Waals surface area contributed by atoms with Crippen molar-refractivity contribution in [2.24, 2.45) is 0 Å². The number of pyridine rings is 1. The Morgan fingerprint density at radius 1 is 1.37 bits per heavy atom. The van der Waals surface area contributed by atoms with Crippen LogP contribution >= 0.6 is 15.9 Å². The molecule has 2 atom stereocenters. The minimum atomic E-state index is -0.853. The van der Waals surface area contributed by atoms with Gasteiger partial charge in [-0.3, -0.25) is 4.98 Å². The van der Waals surface area contributed by atoms with Gasteiger partial charge in [-0.25, -0.2) is 4.39 Å². The van der Waals surface area contributed by atoms with Crippen LogP contribution in [0.5, 0.6) is 0 Å². The molecule has 2 unspecified atom stereocenters. The summed E-state index contributed by atoms with van der Waals surface area (Å²) in [6, 6.07) is 8.56. The largest absolute Gasteiger partial charge is 0.388 e. The van der Waals surface area contributed by atoms with Gasteiger partial charge in [-0.1, -0.05) is 22.0 Å². The average Bonchev–Trinajstić information content (AvgIpc) is 2.84. The molecule has 0 spiro atoms. The fourth-order valence-electron chi connectivity index (χ4n) is 2.71. The number of aromatic nitrogens is 1. The maximum Gasteiger partial charge on any atom is 0.129 e. The van der Waals surface area contributed by atoms with E-state index in [2.05, 4.69) is 20.9 Å². The topological polar surface area (TPSA) is 33.1 Å². The third-order valence-electron chi connectivity index (χ3n) is 3.66. The number of hydrogen-bond acceptors (Lipinski definition) is 2. The van der Waals surface area contributed by atoms with E-state index < -0.39 is 6.10 Å². The summed E-state index contributed by atoms with van der Waals surface area (Å²) in [5.41, 5.74) is 2.38. The summed E-state index contributed by atoms with van der Waals surface area (Å²) >= 11 is 3.31. The van der Waals surface area contributed by atoms with E-state index in [1.165, 1.54) is 6.07 Å². The zero-order valence-electron chi connectivity index (χ0n) is 10.2. The lowest BCUT2D eigenvalue weighted by Gasteiger charge is -2.19. The van der Waals surface area contributed by atoms with Gasteiger partial charge in [0.2, 0.25) is 0 Å². The average molecular weight is 322 g/mol. The molecule has 1 aromatic heterocycles. The second kappa shape index (κ2) is 5.02. The zero-order valence-corrected chi connectivity index (χ0v) is 11.8. The van der Waals surface area contributed by atoms with Crippen molar-refractivity contribution in [1.82, 2.24) is 4.98 Å². The van der Waals surface area contributed by atoms with E-state index in [1.807, 2.05) is 12.1 Å². The van der Waals surface area contributed by atoms with Gasteiger partial charge in [0.05, 0.1) is 6.10 Å². The Morgan fingerprint density at radius 2 is 2.21 bits per heavy atom. The highest BCUT2D eigenvalue weighted by Gasteiger charge is 2.32. The molecule has 0 saturated heterocycles. The number of aliphatic hydroxyl groups excluding tert-OH is 1. The van der Waals surface area contributed by atoms with Crippen LogP contribution in [0.15, 0.2) is 41.0 Å². The third-order valence-corrected chi connectivity index (χ3v) is 4.15. The van der Waals surface area contributed by atoms with E-state index >= 15 is 0 Å². The molecular weight excluding hydrogens is 309 g/mol. The molecule has 98 valence electrons. The van der Waals surface area contributed by atoms with Gasteiger partial charge in [-0.2, -0.15) is 0 Å². The number of benzene rings is 1. The van der Waals surface area contributed by atoms with Gasteiger partial charge in [0.15, 0.2) is 0 Å². The molecule has 0 bridgehead atoms. The molecule has 19 heavy (non-hydrogen) atoms. The van der Waals surface area contributed by atoms with Crippen molar-refractivity contribution in [3.05, 3.63) is 63.6 Å². The lowest BCUT2D eigenvalue weighted by molar-refractivity contribution is 0.139. The van der Waals surface area contributed by atoms with E-state index in [-0.39, 0.29) is 11.7 Å². The van der Waals surface area contributed by atoms with Gasteiger partial charge in [0, 0.05) is 27.8 Å². The number of hydrogen-bond donors (Lipinski definition) is 1. The van der Waals surface area contributed by atoms with Crippen LogP contribution in [0.3, 0.4) is 0 Å². The fourth-order valence-corrected chi connectivity index (χ4v) is 3.09. The van der Waals surface area contributed by atoms with Crippen LogP contribution in [0.4, 0.5) is 4.39 Å². The Morgan fingerprint density at radius 3 is 3.05 bits per heavy atom. The van der Waals surface area contributed by atoms with Gasteiger partial charge >= 0.3 is 0 Å². The summed E-state index contributed by atoms with van der Waals surface area (Å²) in [5, 5.41) is 10.5. The van der Waals surface area contributed by atoms with Crippen molar-refractivity contribution in [2.45, 2.75) is 24.9 Å². The van der Waals surface area contributed by atoms with Crippen molar-refractivity contribution in [3.8, 4) is 0 Å². The summed E-state index contributed by atoms with van der Waals surface area (Å²) in [6.07, 6.45) is 2.56. The van der Waals surface area contributed by atoms with Crippen molar-refractivity contribution in [1.29, 1.82) is 0 Å². The number of fused-ring (bicyclic) bond motifs is 1. The van der Waals surface area contributed by atoms with Crippen LogP contribution in [0.25, 0.3) is 0 Å². The van der Waals surface area contributed by atoms with E-state index in [0.29, 0.717) is 5.56 Å². The fraction of sp³-hybridized carbons (Fsp3) is 0.267. The minimum absolute atomic E-state index is 0.125. The number of halogens is 2. The van der Waals surface area contributed by atoms with Crippen molar-refractivity contribution >= 4 is 15.9 Å². The van der Waals surface area contributed by atoms with E-state index in [9.17, 15) is 9.50 Å². The Kier molecular flexibility index (Phi) is 3.37. The molecule has 2 nitrogen and oxygen atoms in total. The lowest BCUT2D eigenvalue weighted by Crippen LogP contribution is -2.11. The van der Waals surface area contributed by atoms with E-state index in [4.69, 9.17) is 0 Å².